The Morgan fingerprint density at radius 2 is 1.75 bits per heavy atom. The van der Waals surface area contributed by atoms with E-state index in [-0.39, 0.29) is 17.7 Å². The number of H-pyrrole nitrogens is 1. The quantitative estimate of drug-likeness (QED) is 0.735. The third kappa shape index (κ3) is 3.90. The molecule has 3 N–H and O–H groups in total. The van der Waals surface area contributed by atoms with Gasteiger partial charge >= 0.3 is 5.97 Å². The van der Waals surface area contributed by atoms with Crippen LogP contribution in [0.5, 0.6) is 0 Å². The van der Waals surface area contributed by atoms with Crippen molar-refractivity contribution >= 4 is 23.5 Å². The number of aliphatic carboxylic acids is 1. The Morgan fingerprint density at radius 3 is 2.36 bits per heavy atom. The van der Waals surface area contributed by atoms with Crippen molar-refractivity contribution in [3.05, 3.63) is 47.3 Å². The SMILES string of the molecule is O=C(Nc1ccc(C(=O)N2CCC(C(=O)O)CC2)cc1)c1cc(C2CC2)[nH]n1. The Balaban J connectivity index is 1.34. The van der Waals surface area contributed by atoms with Crippen LogP contribution in [0.25, 0.3) is 0 Å². The van der Waals surface area contributed by atoms with Crippen LogP contribution in [0.3, 0.4) is 0 Å². The molecule has 8 heteroatoms. The van der Waals surface area contributed by atoms with Gasteiger partial charge in [0.2, 0.25) is 0 Å². The van der Waals surface area contributed by atoms with Gasteiger partial charge in [-0.05, 0) is 56.0 Å². The number of benzene rings is 1. The Morgan fingerprint density at radius 1 is 1.07 bits per heavy atom. The average Bonchev–Trinajstić information content (AvgIpc) is 3.44. The molecule has 0 unspecified atom stereocenters. The number of nitrogens with one attached hydrogen (secondary N) is 2. The van der Waals surface area contributed by atoms with Crippen LogP contribution < -0.4 is 5.32 Å². The van der Waals surface area contributed by atoms with Crippen LogP contribution in [0.1, 0.15) is 58.1 Å². The number of hydrogen-bond acceptors (Lipinski definition) is 4. The van der Waals surface area contributed by atoms with Crippen molar-refractivity contribution in [1.82, 2.24) is 15.1 Å². The Bertz CT molecular complexity index is 893. The Hall–Kier alpha value is -3.16. The first-order chi connectivity index (χ1) is 13.5. The molecule has 2 fully saturated rings. The number of carbonyl (C=O) groups excluding carboxylic acids is 2. The standard InChI is InChI=1S/C20H22N4O4/c25-18(17-11-16(22-23-17)12-1-2-12)21-15-5-3-13(4-6-15)19(26)24-9-7-14(8-10-24)20(27)28/h3-6,11-12,14H,1-2,7-10H2,(H,21,25)(H,22,23)(H,27,28). The first-order valence-electron chi connectivity index (χ1n) is 9.50. The first kappa shape index (κ1) is 18.2. The number of carboxylic acid groups (broad SMARTS) is 1. The van der Waals surface area contributed by atoms with E-state index < -0.39 is 5.97 Å². The number of carbonyl (C=O) groups is 3. The summed E-state index contributed by atoms with van der Waals surface area (Å²) in [6.45, 7) is 0.882. The minimum atomic E-state index is -0.798. The molecule has 0 spiro atoms. The number of piperidine rings is 1. The lowest BCUT2D eigenvalue weighted by molar-refractivity contribution is -0.143. The van der Waals surface area contributed by atoms with Gasteiger partial charge in [0.1, 0.15) is 0 Å². The van der Waals surface area contributed by atoms with Crippen molar-refractivity contribution in [2.45, 2.75) is 31.6 Å². The largest absolute Gasteiger partial charge is 0.481 e. The fourth-order valence-corrected chi connectivity index (χ4v) is 3.46. The zero-order chi connectivity index (χ0) is 19.7. The molecule has 1 saturated heterocycles. The van der Waals surface area contributed by atoms with Gasteiger partial charge in [-0.2, -0.15) is 5.10 Å². The maximum absolute atomic E-state index is 12.6. The Labute approximate surface area is 161 Å². The smallest absolute Gasteiger partial charge is 0.306 e. The van der Waals surface area contributed by atoms with Gasteiger partial charge in [-0.25, -0.2) is 0 Å². The fourth-order valence-electron chi connectivity index (χ4n) is 3.46. The predicted molar refractivity (Wildman–Crippen MR) is 101 cm³/mol. The van der Waals surface area contributed by atoms with Gasteiger partial charge in [0, 0.05) is 36.0 Å². The molecule has 0 radical (unpaired) electrons. The highest BCUT2D eigenvalue weighted by atomic mass is 16.4. The zero-order valence-corrected chi connectivity index (χ0v) is 15.4. The van der Waals surface area contributed by atoms with Crippen molar-refractivity contribution < 1.29 is 19.5 Å². The molecular formula is C20H22N4O4. The number of anilines is 1. The summed E-state index contributed by atoms with van der Waals surface area (Å²) in [5.74, 6) is -1.08. The number of rotatable bonds is 5. The molecule has 1 aromatic heterocycles. The highest BCUT2D eigenvalue weighted by molar-refractivity contribution is 6.03. The molecule has 4 rings (SSSR count). The van der Waals surface area contributed by atoms with Crippen molar-refractivity contribution in [3.8, 4) is 0 Å². The second-order valence-corrected chi connectivity index (χ2v) is 7.42. The van der Waals surface area contributed by atoms with Crippen LogP contribution in [0.4, 0.5) is 5.69 Å². The summed E-state index contributed by atoms with van der Waals surface area (Å²) in [5.41, 5.74) is 2.45. The average molecular weight is 382 g/mol. The first-order valence-corrected chi connectivity index (χ1v) is 9.50. The third-order valence-electron chi connectivity index (χ3n) is 5.37. The highest BCUT2D eigenvalue weighted by Gasteiger charge is 2.28. The molecule has 0 atom stereocenters. The maximum Gasteiger partial charge on any atom is 0.306 e. The van der Waals surface area contributed by atoms with E-state index in [1.165, 1.54) is 0 Å². The Kier molecular flexibility index (Phi) is 4.85. The van der Waals surface area contributed by atoms with Crippen molar-refractivity contribution in [2.24, 2.45) is 5.92 Å². The molecule has 2 heterocycles. The minimum absolute atomic E-state index is 0.122. The van der Waals surface area contributed by atoms with Crippen LogP contribution in [-0.2, 0) is 4.79 Å². The molecule has 2 amide bonds. The number of likely N-dealkylation sites (tertiary alicyclic amines) is 1. The molecule has 2 aliphatic rings. The van der Waals surface area contributed by atoms with Crippen LogP contribution in [0.2, 0.25) is 0 Å². The van der Waals surface area contributed by atoms with E-state index in [0.29, 0.717) is 48.8 Å². The molecule has 1 aliphatic carbocycles. The van der Waals surface area contributed by atoms with Crippen molar-refractivity contribution in [1.29, 1.82) is 0 Å². The molecule has 1 aliphatic heterocycles. The lowest BCUT2D eigenvalue weighted by Gasteiger charge is -2.30. The predicted octanol–water partition coefficient (Wildman–Crippen LogP) is 2.48. The number of carboxylic acids is 1. The summed E-state index contributed by atoms with van der Waals surface area (Å²) in [6, 6.07) is 8.49. The normalized spacial score (nSPS) is 17.4. The van der Waals surface area contributed by atoms with Gasteiger partial charge < -0.3 is 15.3 Å². The monoisotopic (exact) mass is 382 g/mol. The van der Waals surface area contributed by atoms with E-state index in [1.54, 1.807) is 35.2 Å². The summed E-state index contributed by atoms with van der Waals surface area (Å²) in [4.78, 5) is 37.6. The number of hydrogen-bond donors (Lipinski definition) is 3. The summed E-state index contributed by atoms with van der Waals surface area (Å²) < 4.78 is 0. The second kappa shape index (κ2) is 7.46. The molecule has 28 heavy (non-hydrogen) atoms. The lowest BCUT2D eigenvalue weighted by Crippen LogP contribution is -2.40. The van der Waals surface area contributed by atoms with Gasteiger partial charge in [-0.15, -0.1) is 0 Å². The summed E-state index contributed by atoms with van der Waals surface area (Å²) >= 11 is 0. The molecule has 2 aromatic rings. The van der Waals surface area contributed by atoms with Crippen molar-refractivity contribution in [2.75, 3.05) is 18.4 Å². The van der Waals surface area contributed by atoms with Crippen molar-refractivity contribution in [3.63, 3.8) is 0 Å². The number of nitrogens with zero attached hydrogens (tertiary/aromatic N) is 2. The third-order valence-corrected chi connectivity index (χ3v) is 5.37. The van der Waals surface area contributed by atoms with E-state index in [4.69, 9.17) is 5.11 Å². The molecule has 0 bridgehead atoms. The van der Waals surface area contributed by atoms with Crippen LogP contribution in [0, 0.1) is 5.92 Å². The van der Waals surface area contributed by atoms with Crippen LogP contribution >= 0.6 is 0 Å². The summed E-state index contributed by atoms with van der Waals surface area (Å²) in [6.07, 6.45) is 3.21. The second-order valence-electron chi connectivity index (χ2n) is 7.42. The lowest BCUT2D eigenvalue weighted by atomic mass is 9.96. The van der Waals surface area contributed by atoms with E-state index in [2.05, 4.69) is 15.5 Å². The van der Waals surface area contributed by atoms with Crippen LogP contribution in [0.15, 0.2) is 30.3 Å². The van der Waals surface area contributed by atoms with Gasteiger partial charge in [0.25, 0.3) is 11.8 Å². The number of amides is 2. The van der Waals surface area contributed by atoms with Gasteiger partial charge in [-0.3, -0.25) is 19.5 Å². The van der Waals surface area contributed by atoms with Gasteiger partial charge in [0.15, 0.2) is 5.69 Å². The molecule has 1 saturated carbocycles. The van der Waals surface area contributed by atoms with Crippen LogP contribution in [-0.4, -0.2) is 51.1 Å². The van der Waals surface area contributed by atoms with E-state index >= 15 is 0 Å². The zero-order valence-electron chi connectivity index (χ0n) is 15.4. The minimum Gasteiger partial charge on any atom is -0.481 e. The highest BCUT2D eigenvalue weighted by Crippen LogP contribution is 2.39. The van der Waals surface area contributed by atoms with Gasteiger partial charge in [-0.1, -0.05) is 0 Å². The molecular weight excluding hydrogens is 360 g/mol. The summed E-state index contributed by atoms with van der Waals surface area (Å²) in [5, 5.41) is 18.8. The van der Waals surface area contributed by atoms with Gasteiger partial charge in [0.05, 0.1) is 5.92 Å². The fraction of sp³-hybridized carbons (Fsp3) is 0.400. The number of aromatic nitrogens is 2. The van der Waals surface area contributed by atoms with E-state index in [0.717, 1.165) is 18.5 Å². The van der Waals surface area contributed by atoms with E-state index in [9.17, 15) is 14.4 Å². The maximum atomic E-state index is 12.6. The topological polar surface area (TPSA) is 115 Å². The summed E-state index contributed by atoms with van der Waals surface area (Å²) in [7, 11) is 0. The molecule has 1 aromatic carbocycles. The molecule has 8 nitrogen and oxygen atoms in total. The number of aromatic amines is 1. The van der Waals surface area contributed by atoms with E-state index in [1.807, 2.05) is 0 Å². The molecule has 146 valence electrons.